The quantitative estimate of drug-likeness (QED) is 0.825. The fourth-order valence-electron chi connectivity index (χ4n) is 2.87. The van der Waals surface area contributed by atoms with Crippen LogP contribution < -0.4 is 5.32 Å². The fourth-order valence-corrected chi connectivity index (χ4v) is 2.87. The van der Waals surface area contributed by atoms with Crippen LogP contribution in [0.5, 0.6) is 0 Å². The zero-order valence-electron chi connectivity index (χ0n) is 10.3. The summed E-state index contributed by atoms with van der Waals surface area (Å²) in [4.78, 5) is 0. The molecule has 2 aromatic carbocycles. The summed E-state index contributed by atoms with van der Waals surface area (Å²) < 4.78 is 0. The molecule has 1 N–H and O–H groups in total. The predicted octanol–water partition coefficient (Wildman–Crippen LogP) is 3.18. The number of hydrogen-bond donors (Lipinski definition) is 1. The number of nitrogens with zero attached hydrogens (tertiary/aromatic N) is 1. The van der Waals surface area contributed by atoms with Crippen LogP contribution in [-0.2, 0) is 0 Å². The van der Waals surface area contributed by atoms with Gasteiger partial charge in [-0.2, -0.15) is 5.26 Å². The van der Waals surface area contributed by atoms with E-state index in [4.69, 9.17) is 5.26 Å². The van der Waals surface area contributed by atoms with Gasteiger partial charge in [-0.05, 0) is 60.3 Å². The largest absolute Gasteiger partial charge is 0.317 e. The minimum atomic E-state index is 0.655. The van der Waals surface area contributed by atoms with Crippen molar-refractivity contribution < 1.29 is 0 Å². The van der Waals surface area contributed by atoms with Gasteiger partial charge in [0.2, 0.25) is 0 Å². The van der Waals surface area contributed by atoms with E-state index in [1.165, 1.54) is 29.2 Å². The Labute approximate surface area is 107 Å². The molecule has 1 aliphatic rings. The van der Waals surface area contributed by atoms with Gasteiger partial charge in [0, 0.05) is 0 Å². The van der Waals surface area contributed by atoms with Crippen LogP contribution >= 0.6 is 0 Å². The highest BCUT2D eigenvalue weighted by atomic mass is 14.9. The maximum atomic E-state index is 8.96. The first-order valence-corrected chi connectivity index (χ1v) is 6.52. The average Bonchev–Trinajstić information content (AvgIpc) is 2.47. The van der Waals surface area contributed by atoms with Crippen molar-refractivity contribution in [1.82, 2.24) is 5.32 Å². The molecule has 0 spiro atoms. The van der Waals surface area contributed by atoms with E-state index in [9.17, 15) is 0 Å². The first-order chi connectivity index (χ1) is 8.88. The van der Waals surface area contributed by atoms with Crippen LogP contribution in [0.25, 0.3) is 10.8 Å². The number of piperidine rings is 1. The zero-order valence-corrected chi connectivity index (χ0v) is 10.3. The third kappa shape index (κ3) is 1.98. The van der Waals surface area contributed by atoms with Crippen molar-refractivity contribution >= 4 is 10.8 Å². The van der Waals surface area contributed by atoms with Crippen LogP contribution in [0.15, 0.2) is 36.4 Å². The summed E-state index contributed by atoms with van der Waals surface area (Å²) in [6.07, 6.45) is 2.41. The lowest BCUT2D eigenvalue weighted by molar-refractivity contribution is 0.462. The SMILES string of the molecule is N#Cc1ccc2c(C3CCNCC3)cccc2c1. The van der Waals surface area contributed by atoms with Gasteiger partial charge in [-0.3, -0.25) is 0 Å². The molecule has 0 radical (unpaired) electrons. The maximum Gasteiger partial charge on any atom is 0.0991 e. The summed E-state index contributed by atoms with van der Waals surface area (Å²) in [5.41, 5.74) is 2.18. The molecule has 18 heavy (non-hydrogen) atoms. The zero-order chi connectivity index (χ0) is 12.4. The van der Waals surface area contributed by atoms with Gasteiger partial charge in [-0.25, -0.2) is 0 Å². The van der Waals surface area contributed by atoms with Gasteiger partial charge in [-0.1, -0.05) is 24.3 Å². The number of rotatable bonds is 1. The van der Waals surface area contributed by atoms with Crippen LogP contribution in [0.1, 0.15) is 29.9 Å². The molecule has 3 rings (SSSR count). The van der Waals surface area contributed by atoms with Gasteiger partial charge in [0.05, 0.1) is 11.6 Å². The van der Waals surface area contributed by atoms with E-state index >= 15 is 0 Å². The second-order valence-electron chi connectivity index (χ2n) is 4.92. The highest BCUT2D eigenvalue weighted by Gasteiger charge is 2.17. The third-order valence-electron chi connectivity index (χ3n) is 3.82. The Morgan fingerprint density at radius 2 is 1.94 bits per heavy atom. The summed E-state index contributed by atoms with van der Waals surface area (Å²) in [5, 5.41) is 14.9. The molecular weight excluding hydrogens is 220 g/mol. The van der Waals surface area contributed by atoms with Gasteiger partial charge in [0.15, 0.2) is 0 Å². The predicted molar refractivity (Wildman–Crippen MR) is 73.5 cm³/mol. The molecule has 0 saturated carbocycles. The number of nitriles is 1. The Kier molecular flexibility index (Phi) is 3.00. The monoisotopic (exact) mass is 236 g/mol. The Balaban J connectivity index is 2.09. The molecule has 1 fully saturated rings. The van der Waals surface area contributed by atoms with E-state index in [0.717, 1.165) is 18.7 Å². The molecule has 0 aromatic heterocycles. The molecule has 2 heteroatoms. The highest BCUT2D eigenvalue weighted by Crippen LogP contribution is 2.31. The molecule has 0 unspecified atom stereocenters. The minimum Gasteiger partial charge on any atom is -0.317 e. The lowest BCUT2D eigenvalue weighted by atomic mass is 9.87. The highest BCUT2D eigenvalue weighted by molar-refractivity contribution is 5.87. The number of hydrogen-bond acceptors (Lipinski definition) is 2. The Morgan fingerprint density at radius 1 is 1.11 bits per heavy atom. The van der Waals surface area contributed by atoms with Crippen molar-refractivity contribution in [3.05, 3.63) is 47.5 Å². The van der Waals surface area contributed by atoms with E-state index in [2.05, 4.69) is 35.7 Å². The van der Waals surface area contributed by atoms with E-state index in [0.29, 0.717) is 5.92 Å². The van der Waals surface area contributed by atoms with E-state index in [-0.39, 0.29) is 0 Å². The number of fused-ring (bicyclic) bond motifs is 1. The summed E-state index contributed by atoms with van der Waals surface area (Å²) in [6.45, 7) is 2.22. The van der Waals surface area contributed by atoms with Gasteiger partial charge >= 0.3 is 0 Å². The first kappa shape index (κ1) is 11.3. The van der Waals surface area contributed by atoms with Gasteiger partial charge in [0.25, 0.3) is 0 Å². The van der Waals surface area contributed by atoms with Crippen LogP contribution in [0, 0.1) is 11.3 Å². The molecule has 0 aliphatic carbocycles. The standard InChI is InChI=1S/C16H16N2/c17-11-12-4-5-16-14(10-12)2-1-3-15(16)13-6-8-18-9-7-13/h1-5,10,13,18H,6-9H2. The lowest BCUT2D eigenvalue weighted by Gasteiger charge is -2.24. The van der Waals surface area contributed by atoms with Gasteiger partial charge in [0.1, 0.15) is 0 Å². The smallest absolute Gasteiger partial charge is 0.0991 e. The first-order valence-electron chi connectivity index (χ1n) is 6.52. The summed E-state index contributed by atoms with van der Waals surface area (Å²) in [7, 11) is 0. The van der Waals surface area contributed by atoms with E-state index in [1.807, 2.05) is 12.1 Å². The molecule has 2 aromatic rings. The van der Waals surface area contributed by atoms with Crippen molar-refractivity contribution in [2.75, 3.05) is 13.1 Å². The topological polar surface area (TPSA) is 35.8 Å². The molecular formula is C16H16N2. The van der Waals surface area contributed by atoms with Crippen molar-refractivity contribution in [2.45, 2.75) is 18.8 Å². The van der Waals surface area contributed by atoms with Crippen LogP contribution in [0.4, 0.5) is 0 Å². The van der Waals surface area contributed by atoms with Crippen molar-refractivity contribution in [3.8, 4) is 6.07 Å². The lowest BCUT2D eigenvalue weighted by Crippen LogP contribution is -2.26. The second kappa shape index (κ2) is 4.80. The van der Waals surface area contributed by atoms with E-state index < -0.39 is 0 Å². The molecule has 0 amide bonds. The molecule has 1 aliphatic heterocycles. The van der Waals surface area contributed by atoms with E-state index in [1.54, 1.807) is 0 Å². The van der Waals surface area contributed by atoms with Crippen LogP contribution in [0.2, 0.25) is 0 Å². The molecule has 90 valence electrons. The van der Waals surface area contributed by atoms with Crippen molar-refractivity contribution in [1.29, 1.82) is 5.26 Å². The Hall–Kier alpha value is -1.85. The molecule has 1 heterocycles. The summed E-state index contributed by atoms with van der Waals surface area (Å²) >= 11 is 0. The summed E-state index contributed by atoms with van der Waals surface area (Å²) in [5.74, 6) is 0.655. The Morgan fingerprint density at radius 3 is 2.72 bits per heavy atom. The number of nitrogens with one attached hydrogen (secondary N) is 1. The summed E-state index contributed by atoms with van der Waals surface area (Å²) in [6, 6.07) is 14.7. The average molecular weight is 236 g/mol. The molecule has 2 nitrogen and oxygen atoms in total. The van der Waals surface area contributed by atoms with Crippen molar-refractivity contribution in [3.63, 3.8) is 0 Å². The number of benzene rings is 2. The van der Waals surface area contributed by atoms with Crippen LogP contribution in [0.3, 0.4) is 0 Å². The fraction of sp³-hybridized carbons (Fsp3) is 0.312. The van der Waals surface area contributed by atoms with Crippen LogP contribution in [-0.4, -0.2) is 13.1 Å². The Bertz CT molecular complexity index is 604. The minimum absolute atomic E-state index is 0.655. The van der Waals surface area contributed by atoms with Gasteiger partial charge in [-0.15, -0.1) is 0 Å². The second-order valence-corrected chi connectivity index (χ2v) is 4.92. The normalized spacial score (nSPS) is 16.6. The molecule has 0 bridgehead atoms. The molecule has 0 atom stereocenters. The third-order valence-corrected chi connectivity index (χ3v) is 3.82. The maximum absolute atomic E-state index is 8.96. The molecule has 1 saturated heterocycles. The van der Waals surface area contributed by atoms with Crippen molar-refractivity contribution in [2.24, 2.45) is 0 Å². The van der Waals surface area contributed by atoms with Gasteiger partial charge < -0.3 is 5.32 Å².